The van der Waals surface area contributed by atoms with Gasteiger partial charge in [0.25, 0.3) is 0 Å². The molecule has 7 nitrogen and oxygen atoms in total. The summed E-state index contributed by atoms with van der Waals surface area (Å²) in [7, 11) is 1.59. The number of amides is 2. The Kier molecular flexibility index (Phi) is 7.87. The molecule has 0 saturated carbocycles. The van der Waals surface area contributed by atoms with E-state index in [0.717, 1.165) is 39.1 Å². The van der Waals surface area contributed by atoms with Crippen LogP contribution >= 0.6 is 0 Å². The second kappa shape index (κ2) is 10.1. The van der Waals surface area contributed by atoms with Gasteiger partial charge < -0.3 is 15.4 Å². The summed E-state index contributed by atoms with van der Waals surface area (Å²) in [5, 5.41) is 5.84. The quantitative estimate of drug-likeness (QED) is 0.726. The van der Waals surface area contributed by atoms with Crippen LogP contribution in [0.5, 0.6) is 5.75 Å². The van der Waals surface area contributed by atoms with E-state index in [-0.39, 0.29) is 17.9 Å². The highest BCUT2D eigenvalue weighted by Gasteiger charge is 2.26. The number of carbonyl (C=O) groups excluding carboxylic acids is 2. The molecule has 1 fully saturated rings. The minimum Gasteiger partial charge on any atom is -0.495 e. The van der Waals surface area contributed by atoms with Crippen molar-refractivity contribution in [2.75, 3.05) is 51.7 Å². The molecule has 144 valence electrons. The van der Waals surface area contributed by atoms with Gasteiger partial charge in [-0.2, -0.15) is 0 Å². The zero-order chi connectivity index (χ0) is 18.9. The number of carbonyl (C=O) groups is 2. The first kappa shape index (κ1) is 20.2. The molecular formula is C19H30N4O3. The summed E-state index contributed by atoms with van der Waals surface area (Å²) >= 11 is 0. The van der Waals surface area contributed by atoms with Crippen LogP contribution in [0.3, 0.4) is 0 Å². The van der Waals surface area contributed by atoms with E-state index in [4.69, 9.17) is 4.74 Å². The number of para-hydroxylation sites is 2. The van der Waals surface area contributed by atoms with Crippen molar-refractivity contribution in [3.63, 3.8) is 0 Å². The van der Waals surface area contributed by atoms with Crippen molar-refractivity contribution in [1.82, 2.24) is 15.1 Å². The maximum atomic E-state index is 12.6. The van der Waals surface area contributed by atoms with Gasteiger partial charge in [0, 0.05) is 32.7 Å². The molecule has 0 unspecified atom stereocenters. The van der Waals surface area contributed by atoms with Crippen molar-refractivity contribution < 1.29 is 14.3 Å². The van der Waals surface area contributed by atoms with Gasteiger partial charge in [-0.05, 0) is 25.5 Å². The van der Waals surface area contributed by atoms with Crippen LogP contribution < -0.4 is 15.4 Å². The SMILES string of the molecule is CCCNC(=O)CN1CCN([C@@H](C)C(=O)Nc2ccccc2OC)CC1. The summed E-state index contributed by atoms with van der Waals surface area (Å²) < 4.78 is 5.28. The third kappa shape index (κ3) is 5.71. The molecule has 1 aliphatic heterocycles. The lowest BCUT2D eigenvalue weighted by molar-refractivity contribution is -0.124. The van der Waals surface area contributed by atoms with E-state index >= 15 is 0 Å². The molecule has 1 aromatic rings. The second-order valence-corrected chi connectivity index (χ2v) is 6.53. The Labute approximate surface area is 155 Å². The Morgan fingerprint density at radius 2 is 1.88 bits per heavy atom. The van der Waals surface area contributed by atoms with E-state index in [2.05, 4.69) is 20.4 Å². The summed E-state index contributed by atoms with van der Waals surface area (Å²) in [6, 6.07) is 7.15. The van der Waals surface area contributed by atoms with Crippen molar-refractivity contribution in [3.05, 3.63) is 24.3 Å². The third-order valence-electron chi connectivity index (χ3n) is 4.64. The van der Waals surface area contributed by atoms with E-state index in [1.54, 1.807) is 7.11 Å². The van der Waals surface area contributed by atoms with Gasteiger partial charge in [0.1, 0.15) is 5.75 Å². The van der Waals surface area contributed by atoms with Gasteiger partial charge in [0.15, 0.2) is 0 Å². The summed E-state index contributed by atoms with van der Waals surface area (Å²) in [4.78, 5) is 28.7. The molecule has 1 aromatic carbocycles. The van der Waals surface area contributed by atoms with Crippen LogP contribution in [0.2, 0.25) is 0 Å². The number of anilines is 1. The monoisotopic (exact) mass is 362 g/mol. The fourth-order valence-electron chi connectivity index (χ4n) is 2.98. The number of ether oxygens (including phenoxy) is 1. The average molecular weight is 362 g/mol. The van der Waals surface area contributed by atoms with Gasteiger partial charge in [0.05, 0.1) is 25.4 Å². The number of rotatable bonds is 8. The molecule has 0 spiro atoms. The largest absolute Gasteiger partial charge is 0.495 e. The van der Waals surface area contributed by atoms with Crippen LogP contribution in [0, 0.1) is 0 Å². The molecule has 26 heavy (non-hydrogen) atoms. The van der Waals surface area contributed by atoms with Gasteiger partial charge in [0.2, 0.25) is 11.8 Å². The Morgan fingerprint density at radius 3 is 2.54 bits per heavy atom. The van der Waals surface area contributed by atoms with Crippen molar-refractivity contribution >= 4 is 17.5 Å². The van der Waals surface area contributed by atoms with Crippen LogP contribution in [0.25, 0.3) is 0 Å². The second-order valence-electron chi connectivity index (χ2n) is 6.53. The number of nitrogens with one attached hydrogen (secondary N) is 2. The van der Waals surface area contributed by atoms with Gasteiger partial charge in [-0.15, -0.1) is 0 Å². The zero-order valence-corrected chi connectivity index (χ0v) is 16.0. The predicted octanol–water partition coefficient (Wildman–Crippen LogP) is 1.17. The lowest BCUT2D eigenvalue weighted by atomic mass is 10.2. The molecule has 7 heteroatoms. The van der Waals surface area contributed by atoms with E-state index in [1.165, 1.54) is 0 Å². The van der Waals surface area contributed by atoms with Crippen molar-refractivity contribution in [2.45, 2.75) is 26.3 Å². The fraction of sp³-hybridized carbons (Fsp3) is 0.579. The van der Waals surface area contributed by atoms with Crippen molar-refractivity contribution in [2.24, 2.45) is 0 Å². The van der Waals surface area contributed by atoms with Crippen LogP contribution in [-0.2, 0) is 9.59 Å². The topological polar surface area (TPSA) is 73.9 Å². The Bertz CT molecular complexity index is 600. The highest BCUT2D eigenvalue weighted by atomic mass is 16.5. The Hall–Kier alpha value is -2.12. The molecule has 1 aliphatic rings. The van der Waals surface area contributed by atoms with E-state index in [0.29, 0.717) is 18.0 Å². The standard InChI is InChI=1S/C19H30N4O3/c1-4-9-20-18(24)14-22-10-12-23(13-11-22)15(2)19(25)21-16-7-5-6-8-17(16)26-3/h5-8,15H,4,9-14H2,1-3H3,(H,20,24)(H,21,25)/t15-/m0/s1. The van der Waals surface area contributed by atoms with Crippen LogP contribution in [0.1, 0.15) is 20.3 Å². The third-order valence-corrected chi connectivity index (χ3v) is 4.64. The Balaban J connectivity index is 1.81. The molecule has 0 aromatic heterocycles. The fourth-order valence-corrected chi connectivity index (χ4v) is 2.98. The number of piperazine rings is 1. The zero-order valence-electron chi connectivity index (χ0n) is 16.0. The maximum Gasteiger partial charge on any atom is 0.241 e. The van der Waals surface area contributed by atoms with Gasteiger partial charge in [-0.25, -0.2) is 0 Å². The molecule has 2 amide bonds. The average Bonchev–Trinajstić information content (AvgIpc) is 2.66. The number of hydrogen-bond acceptors (Lipinski definition) is 5. The molecule has 2 rings (SSSR count). The van der Waals surface area contributed by atoms with Crippen LogP contribution in [0.4, 0.5) is 5.69 Å². The lowest BCUT2D eigenvalue weighted by Gasteiger charge is -2.37. The molecular weight excluding hydrogens is 332 g/mol. The number of benzene rings is 1. The van der Waals surface area contributed by atoms with Gasteiger partial charge >= 0.3 is 0 Å². The first-order valence-corrected chi connectivity index (χ1v) is 9.22. The molecule has 1 saturated heterocycles. The van der Waals surface area contributed by atoms with Gasteiger partial charge in [-0.1, -0.05) is 19.1 Å². The first-order chi connectivity index (χ1) is 12.5. The summed E-state index contributed by atoms with van der Waals surface area (Å²) in [6.07, 6.45) is 0.943. The van der Waals surface area contributed by atoms with Gasteiger partial charge in [-0.3, -0.25) is 19.4 Å². The van der Waals surface area contributed by atoms with Crippen molar-refractivity contribution in [3.8, 4) is 5.75 Å². The maximum absolute atomic E-state index is 12.6. The van der Waals surface area contributed by atoms with Crippen molar-refractivity contribution in [1.29, 1.82) is 0 Å². The van der Waals surface area contributed by atoms with E-state index < -0.39 is 0 Å². The summed E-state index contributed by atoms with van der Waals surface area (Å²) in [6.45, 7) is 8.19. The molecule has 0 bridgehead atoms. The lowest BCUT2D eigenvalue weighted by Crippen LogP contribution is -2.54. The van der Waals surface area contributed by atoms with E-state index in [1.807, 2.05) is 38.1 Å². The molecule has 0 aliphatic carbocycles. The van der Waals surface area contributed by atoms with Crippen LogP contribution in [-0.4, -0.2) is 74.0 Å². The predicted molar refractivity (Wildman–Crippen MR) is 102 cm³/mol. The number of methoxy groups -OCH3 is 1. The highest BCUT2D eigenvalue weighted by Crippen LogP contribution is 2.23. The summed E-state index contributed by atoms with van der Waals surface area (Å²) in [5.41, 5.74) is 0.679. The smallest absolute Gasteiger partial charge is 0.241 e. The first-order valence-electron chi connectivity index (χ1n) is 9.22. The van der Waals surface area contributed by atoms with E-state index in [9.17, 15) is 9.59 Å². The number of hydrogen-bond donors (Lipinski definition) is 2. The molecule has 1 atom stereocenters. The number of nitrogens with zero attached hydrogens (tertiary/aromatic N) is 2. The Morgan fingerprint density at radius 1 is 1.19 bits per heavy atom. The normalized spacial score (nSPS) is 16.7. The minimum absolute atomic E-state index is 0.0522. The minimum atomic E-state index is -0.240. The molecule has 0 radical (unpaired) electrons. The molecule has 2 N–H and O–H groups in total. The van der Waals surface area contributed by atoms with Crippen LogP contribution in [0.15, 0.2) is 24.3 Å². The summed E-state index contributed by atoms with van der Waals surface area (Å²) in [5.74, 6) is 0.668. The highest BCUT2D eigenvalue weighted by molar-refractivity contribution is 5.95. The molecule has 1 heterocycles.